The molecule has 1 saturated heterocycles. The molecule has 0 aromatic carbocycles. The van der Waals surface area contributed by atoms with Crippen LogP contribution < -0.4 is 0 Å². The molecule has 0 N–H and O–H groups in total. The van der Waals surface area contributed by atoms with Gasteiger partial charge in [0.15, 0.2) is 0 Å². The first kappa shape index (κ1) is 8.35. The van der Waals surface area contributed by atoms with Crippen molar-refractivity contribution in [3.63, 3.8) is 0 Å². The molecule has 1 nitrogen and oxygen atoms in total. The summed E-state index contributed by atoms with van der Waals surface area (Å²) in [6.45, 7) is 6.86. The third-order valence-corrected chi connectivity index (χ3v) is 2.63. The van der Waals surface area contributed by atoms with E-state index >= 15 is 0 Å². The van der Waals surface area contributed by atoms with Crippen molar-refractivity contribution in [3.8, 4) is 0 Å². The number of nitrogens with zero attached hydrogens (tertiary/aromatic N) is 1. The molecule has 0 amide bonds. The SMILES string of the molecule is CC(C)N1CCC(Cl)CC1. The van der Waals surface area contributed by atoms with Crippen LogP contribution in [-0.2, 0) is 0 Å². The summed E-state index contributed by atoms with van der Waals surface area (Å²) in [6, 6.07) is 0.698. The van der Waals surface area contributed by atoms with Crippen LogP contribution in [0.5, 0.6) is 0 Å². The van der Waals surface area contributed by atoms with E-state index < -0.39 is 0 Å². The van der Waals surface area contributed by atoms with E-state index in [1.54, 1.807) is 0 Å². The second-order valence-corrected chi connectivity index (χ2v) is 3.92. The van der Waals surface area contributed by atoms with E-state index in [4.69, 9.17) is 11.6 Å². The number of hydrogen-bond donors (Lipinski definition) is 0. The molecule has 1 heterocycles. The zero-order valence-electron chi connectivity index (χ0n) is 6.81. The smallest absolute Gasteiger partial charge is 0.0360 e. The first-order valence-electron chi connectivity index (χ1n) is 4.08. The van der Waals surface area contributed by atoms with Gasteiger partial charge in [0.25, 0.3) is 0 Å². The molecule has 1 aliphatic rings. The maximum absolute atomic E-state index is 5.96. The Morgan fingerprint density at radius 1 is 1.30 bits per heavy atom. The van der Waals surface area contributed by atoms with E-state index in [9.17, 15) is 0 Å². The first-order chi connectivity index (χ1) is 4.70. The summed E-state index contributed by atoms with van der Waals surface area (Å²) >= 11 is 5.96. The number of halogens is 1. The molecule has 1 fully saturated rings. The second kappa shape index (κ2) is 3.59. The summed E-state index contributed by atoms with van der Waals surface area (Å²) in [6.07, 6.45) is 2.33. The van der Waals surface area contributed by atoms with E-state index in [-0.39, 0.29) is 0 Å². The summed E-state index contributed by atoms with van der Waals surface area (Å²) in [5, 5.41) is 0.440. The lowest BCUT2D eigenvalue weighted by molar-refractivity contribution is 0.187. The number of piperidine rings is 1. The lowest BCUT2D eigenvalue weighted by Crippen LogP contribution is -2.38. The largest absolute Gasteiger partial charge is 0.301 e. The minimum atomic E-state index is 0.440. The lowest BCUT2D eigenvalue weighted by Gasteiger charge is -2.32. The van der Waals surface area contributed by atoms with Crippen LogP contribution in [0.25, 0.3) is 0 Å². The number of hydrogen-bond acceptors (Lipinski definition) is 1. The van der Waals surface area contributed by atoms with E-state index in [1.165, 1.54) is 25.9 Å². The molecule has 60 valence electrons. The normalized spacial score (nSPS) is 24.0. The molecule has 2 heteroatoms. The molecule has 0 unspecified atom stereocenters. The molecule has 0 aromatic rings. The third kappa shape index (κ3) is 2.14. The molecule has 0 bridgehead atoms. The van der Waals surface area contributed by atoms with Crippen LogP contribution in [0, 0.1) is 0 Å². The Kier molecular flexibility index (Phi) is 2.99. The van der Waals surface area contributed by atoms with Crippen molar-refractivity contribution in [1.82, 2.24) is 4.90 Å². The fourth-order valence-corrected chi connectivity index (χ4v) is 1.58. The first-order valence-corrected chi connectivity index (χ1v) is 4.52. The summed E-state index contributed by atoms with van der Waals surface area (Å²) in [4.78, 5) is 2.48. The fraction of sp³-hybridized carbons (Fsp3) is 1.00. The zero-order chi connectivity index (χ0) is 7.56. The van der Waals surface area contributed by atoms with Crippen molar-refractivity contribution in [2.45, 2.75) is 38.1 Å². The minimum Gasteiger partial charge on any atom is -0.301 e. The van der Waals surface area contributed by atoms with Gasteiger partial charge in [-0.25, -0.2) is 0 Å². The number of likely N-dealkylation sites (tertiary alicyclic amines) is 1. The van der Waals surface area contributed by atoms with Gasteiger partial charge in [-0.1, -0.05) is 0 Å². The predicted molar refractivity (Wildman–Crippen MR) is 45.6 cm³/mol. The molecule has 1 aliphatic heterocycles. The topological polar surface area (TPSA) is 3.24 Å². The maximum Gasteiger partial charge on any atom is 0.0360 e. The Bertz CT molecular complexity index is 95.4. The molecule has 0 radical (unpaired) electrons. The van der Waals surface area contributed by atoms with Crippen molar-refractivity contribution in [2.75, 3.05) is 13.1 Å². The minimum absolute atomic E-state index is 0.440. The molecule has 0 aliphatic carbocycles. The van der Waals surface area contributed by atoms with E-state index in [0.29, 0.717) is 11.4 Å². The summed E-state index contributed by atoms with van der Waals surface area (Å²) in [7, 11) is 0. The van der Waals surface area contributed by atoms with Crippen LogP contribution in [0.3, 0.4) is 0 Å². The Morgan fingerprint density at radius 2 is 1.80 bits per heavy atom. The molecular weight excluding hydrogens is 146 g/mol. The van der Waals surface area contributed by atoms with Gasteiger partial charge in [-0.05, 0) is 39.8 Å². The average Bonchev–Trinajstić information content (AvgIpc) is 1.88. The van der Waals surface area contributed by atoms with Gasteiger partial charge in [0.2, 0.25) is 0 Å². The van der Waals surface area contributed by atoms with Gasteiger partial charge in [0.05, 0.1) is 0 Å². The van der Waals surface area contributed by atoms with Crippen LogP contribution in [0.15, 0.2) is 0 Å². The second-order valence-electron chi connectivity index (χ2n) is 3.30. The number of rotatable bonds is 1. The van der Waals surface area contributed by atoms with Crippen molar-refractivity contribution in [2.24, 2.45) is 0 Å². The maximum atomic E-state index is 5.96. The Hall–Kier alpha value is 0.250. The number of alkyl halides is 1. The van der Waals surface area contributed by atoms with E-state index in [1.807, 2.05) is 0 Å². The van der Waals surface area contributed by atoms with Crippen LogP contribution >= 0.6 is 11.6 Å². The predicted octanol–water partition coefficient (Wildman–Crippen LogP) is 2.10. The average molecular weight is 162 g/mol. The fourth-order valence-electron chi connectivity index (χ4n) is 1.38. The zero-order valence-corrected chi connectivity index (χ0v) is 7.56. The molecule has 1 rings (SSSR count). The van der Waals surface area contributed by atoms with Gasteiger partial charge < -0.3 is 4.90 Å². The van der Waals surface area contributed by atoms with Crippen molar-refractivity contribution in [3.05, 3.63) is 0 Å². The lowest BCUT2D eigenvalue weighted by atomic mass is 10.1. The molecule has 0 spiro atoms. The molecule has 0 saturated carbocycles. The summed E-state index contributed by atoms with van der Waals surface area (Å²) < 4.78 is 0. The molecule has 10 heavy (non-hydrogen) atoms. The van der Waals surface area contributed by atoms with Gasteiger partial charge in [0.1, 0.15) is 0 Å². The Labute approximate surface area is 68.4 Å². The van der Waals surface area contributed by atoms with Crippen molar-refractivity contribution in [1.29, 1.82) is 0 Å². The van der Waals surface area contributed by atoms with Gasteiger partial charge in [-0.15, -0.1) is 11.6 Å². The van der Waals surface area contributed by atoms with Gasteiger partial charge in [0, 0.05) is 11.4 Å². The van der Waals surface area contributed by atoms with Crippen LogP contribution in [0.4, 0.5) is 0 Å². The van der Waals surface area contributed by atoms with E-state index in [0.717, 1.165) is 0 Å². The monoisotopic (exact) mass is 161 g/mol. The molecule has 0 atom stereocenters. The van der Waals surface area contributed by atoms with Gasteiger partial charge in [-0.3, -0.25) is 0 Å². The van der Waals surface area contributed by atoms with Crippen molar-refractivity contribution >= 4 is 11.6 Å². The Balaban J connectivity index is 2.26. The molecule has 0 aromatic heterocycles. The van der Waals surface area contributed by atoms with Gasteiger partial charge in [-0.2, -0.15) is 0 Å². The Morgan fingerprint density at radius 3 is 2.20 bits per heavy atom. The summed E-state index contributed by atoms with van der Waals surface area (Å²) in [5.41, 5.74) is 0. The molecular formula is C8H16ClN. The van der Waals surface area contributed by atoms with Gasteiger partial charge >= 0.3 is 0 Å². The highest BCUT2D eigenvalue weighted by Crippen LogP contribution is 2.16. The van der Waals surface area contributed by atoms with Crippen molar-refractivity contribution < 1.29 is 0 Å². The van der Waals surface area contributed by atoms with Crippen LogP contribution in [0.1, 0.15) is 26.7 Å². The van der Waals surface area contributed by atoms with Crippen LogP contribution in [0.2, 0.25) is 0 Å². The quantitative estimate of drug-likeness (QED) is 0.533. The highest BCUT2D eigenvalue weighted by Gasteiger charge is 2.18. The standard InChI is InChI=1S/C8H16ClN/c1-7(2)10-5-3-8(9)4-6-10/h7-8H,3-6H2,1-2H3. The third-order valence-electron chi connectivity index (χ3n) is 2.19. The summed E-state index contributed by atoms with van der Waals surface area (Å²) in [5.74, 6) is 0. The highest BCUT2D eigenvalue weighted by molar-refractivity contribution is 6.20. The highest BCUT2D eigenvalue weighted by atomic mass is 35.5. The van der Waals surface area contributed by atoms with Crippen LogP contribution in [-0.4, -0.2) is 29.4 Å². The van der Waals surface area contributed by atoms with E-state index in [2.05, 4.69) is 18.7 Å².